The van der Waals surface area contributed by atoms with Gasteiger partial charge in [-0.2, -0.15) is 0 Å². The normalized spacial score (nSPS) is 11.2. The van der Waals surface area contributed by atoms with Crippen LogP contribution in [0.3, 0.4) is 0 Å². The van der Waals surface area contributed by atoms with E-state index >= 15 is 0 Å². The number of nitrogens with zero attached hydrogens (tertiary/aromatic N) is 1. The van der Waals surface area contributed by atoms with Crippen molar-refractivity contribution in [2.45, 2.75) is 78.7 Å². The Bertz CT molecular complexity index is 812. The molecule has 1 aromatic carbocycles. The summed E-state index contributed by atoms with van der Waals surface area (Å²) in [5.74, 6) is 3.40. The molecule has 2 rings (SSSR count). The largest absolute Gasteiger partial charge is 0.392 e. The van der Waals surface area contributed by atoms with Gasteiger partial charge < -0.3 is 5.11 Å². The van der Waals surface area contributed by atoms with E-state index < -0.39 is 0 Å². The fourth-order valence-corrected chi connectivity index (χ4v) is 3.78. The van der Waals surface area contributed by atoms with Crippen LogP contribution in [-0.4, -0.2) is 10.1 Å². The number of unbranched alkanes of at least 4 members (excludes halogenated alkanes) is 2. The number of aliphatic hydroxyl groups excluding tert-OH is 1. The number of hydrogen-bond acceptors (Lipinski definition) is 2. The highest BCUT2D eigenvalue weighted by Gasteiger charge is 2.24. The summed E-state index contributed by atoms with van der Waals surface area (Å²) < 4.78 is 0. The summed E-state index contributed by atoms with van der Waals surface area (Å²) in [5, 5.41) is 10.3. The van der Waals surface area contributed by atoms with Crippen LogP contribution < -0.4 is 0 Å². The number of hydrogen-bond donors (Lipinski definition) is 1. The van der Waals surface area contributed by atoms with Crippen LogP contribution in [0.2, 0.25) is 0 Å². The summed E-state index contributed by atoms with van der Waals surface area (Å²) in [6.07, 6.45) is 10.3. The Morgan fingerprint density at radius 2 is 1.63 bits per heavy atom. The first-order valence-electron chi connectivity index (χ1n) is 10.2. The Labute approximate surface area is 165 Å². The fraction of sp³-hybridized carbons (Fsp3) is 0.480. The molecule has 27 heavy (non-hydrogen) atoms. The molecule has 0 aliphatic heterocycles. The van der Waals surface area contributed by atoms with E-state index in [1.807, 2.05) is 18.2 Å². The van der Waals surface area contributed by atoms with Gasteiger partial charge in [-0.05, 0) is 47.4 Å². The van der Waals surface area contributed by atoms with Crippen molar-refractivity contribution in [3.63, 3.8) is 0 Å². The van der Waals surface area contributed by atoms with Crippen LogP contribution in [0.1, 0.15) is 93.8 Å². The second-order valence-electron chi connectivity index (χ2n) is 7.83. The molecule has 0 saturated carbocycles. The minimum atomic E-state index is -0.0199. The van der Waals surface area contributed by atoms with E-state index in [0.717, 1.165) is 46.5 Å². The smallest absolute Gasteiger partial charge is 0.0705 e. The van der Waals surface area contributed by atoms with E-state index in [4.69, 9.17) is 11.4 Å². The Kier molecular flexibility index (Phi) is 7.63. The highest BCUT2D eigenvalue weighted by Crippen LogP contribution is 2.38. The van der Waals surface area contributed by atoms with Gasteiger partial charge in [-0.15, -0.1) is 6.42 Å². The maximum absolute atomic E-state index is 10.3. The monoisotopic (exact) mass is 363 g/mol. The minimum Gasteiger partial charge on any atom is -0.392 e. The SMILES string of the molecule is C#Cc1ccccc1-c1c(CO)c(C(C)C)nc(C(C)C)c1CCCCC. The van der Waals surface area contributed by atoms with Gasteiger partial charge in [0.1, 0.15) is 0 Å². The molecule has 144 valence electrons. The molecular weight excluding hydrogens is 330 g/mol. The molecule has 0 aliphatic rings. The lowest BCUT2D eigenvalue weighted by Crippen LogP contribution is -2.13. The summed E-state index contributed by atoms with van der Waals surface area (Å²) in [4.78, 5) is 5.05. The van der Waals surface area contributed by atoms with Gasteiger partial charge in [0.25, 0.3) is 0 Å². The third kappa shape index (κ3) is 4.60. The number of terminal acetylenes is 1. The molecule has 1 N–H and O–H groups in total. The molecule has 0 atom stereocenters. The van der Waals surface area contributed by atoms with Gasteiger partial charge in [-0.1, -0.05) is 71.6 Å². The van der Waals surface area contributed by atoms with Crippen LogP contribution in [0.5, 0.6) is 0 Å². The lowest BCUT2D eigenvalue weighted by atomic mass is 9.84. The van der Waals surface area contributed by atoms with E-state index in [1.165, 1.54) is 18.4 Å². The second-order valence-corrected chi connectivity index (χ2v) is 7.83. The predicted octanol–water partition coefficient (Wildman–Crippen LogP) is 6.20. The van der Waals surface area contributed by atoms with E-state index in [9.17, 15) is 5.11 Å². The zero-order chi connectivity index (χ0) is 20.0. The number of aliphatic hydroxyl groups is 1. The molecule has 0 radical (unpaired) electrons. The van der Waals surface area contributed by atoms with Crippen molar-refractivity contribution in [1.82, 2.24) is 4.98 Å². The van der Waals surface area contributed by atoms with E-state index in [-0.39, 0.29) is 12.5 Å². The average molecular weight is 364 g/mol. The van der Waals surface area contributed by atoms with Gasteiger partial charge in [0.15, 0.2) is 0 Å². The van der Waals surface area contributed by atoms with Crippen molar-refractivity contribution in [2.24, 2.45) is 0 Å². The summed E-state index contributed by atoms with van der Waals surface area (Å²) in [6, 6.07) is 8.07. The van der Waals surface area contributed by atoms with E-state index in [1.54, 1.807) is 0 Å². The van der Waals surface area contributed by atoms with E-state index in [0.29, 0.717) is 5.92 Å². The van der Waals surface area contributed by atoms with Crippen molar-refractivity contribution < 1.29 is 5.11 Å². The van der Waals surface area contributed by atoms with Gasteiger partial charge >= 0.3 is 0 Å². The molecule has 0 saturated heterocycles. The molecule has 1 heterocycles. The number of aromatic nitrogens is 1. The molecule has 2 heteroatoms. The van der Waals surface area contributed by atoms with Crippen LogP contribution in [-0.2, 0) is 13.0 Å². The van der Waals surface area contributed by atoms with Crippen LogP contribution in [0, 0.1) is 12.3 Å². The molecule has 0 bridgehead atoms. The van der Waals surface area contributed by atoms with Gasteiger partial charge in [0.05, 0.1) is 6.61 Å². The van der Waals surface area contributed by atoms with Crippen molar-refractivity contribution in [3.8, 4) is 23.5 Å². The molecule has 2 nitrogen and oxygen atoms in total. The third-order valence-electron chi connectivity index (χ3n) is 5.10. The Balaban J connectivity index is 2.88. The Hall–Kier alpha value is -2.11. The van der Waals surface area contributed by atoms with Crippen LogP contribution in [0.25, 0.3) is 11.1 Å². The molecular formula is C25H33NO. The second kappa shape index (κ2) is 9.72. The van der Waals surface area contributed by atoms with Gasteiger partial charge in [-0.25, -0.2) is 0 Å². The summed E-state index contributed by atoms with van der Waals surface area (Å²) in [7, 11) is 0. The van der Waals surface area contributed by atoms with Crippen molar-refractivity contribution in [2.75, 3.05) is 0 Å². The van der Waals surface area contributed by atoms with Crippen LogP contribution >= 0.6 is 0 Å². The zero-order valence-electron chi connectivity index (χ0n) is 17.5. The topological polar surface area (TPSA) is 33.1 Å². The maximum Gasteiger partial charge on any atom is 0.0705 e. The molecule has 2 aromatic rings. The van der Waals surface area contributed by atoms with Crippen LogP contribution in [0.15, 0.2) is 24.3 Å². The highest BCUT2D eigenvalue weighted by molar-refractivity contribution is 5.78. The zero-order valence-corrected chi connectivity index (χ0v) is 17.5. The number of rotatable bonds is 8. The predicted molar refractivity (Wildman–Crippen MR) is 115 cm³/mol. The molecule has 0 unspecified atom stereocenters. The number of benzene rings is 1. The minimum absolute atomic E-state index is 0.0199. The van der Waals surface area contributed by atoms with Crippen molar-refractivity contribution in [3.05, 3.63) is 52.3 Å². The lowest BCUT2D eigenvalue weighted by Gasteiger charge is -2.24. The molecule has 1 aromatic heterocycles. The third-order valence-corrected chi connectivity index (χ3v) is 5.10. The molecule has 0 fully saturated rings. The lowest BCUT2D eigenvalue weighted by molar-refractivity contribution is 0.279. The summed E-state index contributed by atoms with van der Waals surface area (Å²) in [5.41, 5.74) is 7.36. The Morgan fingerprint density at radius 1 is 1.00 bits per heavy atom. The van der Waals surface area contributed by atoms with Crippen molar-refractivity contribution in [1.29, 1.82) is 0 Å². The van der Waals surface area contributed by atoms with Crippen LogP contribution in [0.4, 0.5) is 0 Å². The first-order valence-corrected chi connectivity index (χ1v) is 10.2. The van der Waals surface area contributed by atoms with Gasteiger partial charge in [-0.3, -0.25) is 4.98 Å². The summed E-state index contributed by atoms with van der Waals surface area (Å²) in [6.45, 7) is 10.9. The molecule has 0 amide bonds. The molecule has 0 aliphatic carbocycles. The quantitative estimate of drug-likeness (QED) is 0.447. The van der Waals surface area contributed by atoms with Crippen molar-refractivity contribution >= 4 is 0 Å². The van der Waals surface area contributed by atoms with E-state index in [2.05, 4.69) is 46.6 Å². The number of pyridine rings is 1. The first kappa shape index (κ1) is 21.2. The average Bonchev–Trinajstić information content (AvgIpc) is 2.66. The van der Waals surface area contributed by atoms with Gasteiger partial charge in [0.2, 0.25) is 0 Å². The van der Waals surface area contributed by atoms with Gasteiger partial charge in [0, 0.05) is 22.5 Å². The molecule has 0 spiro atoms. The fourth-order valence-electron chi connectivity index (χ4n) is 3.78. The Morgan fingerprint density at radius 3 is 2.19 bits per heavy atom. The highest BCUT2D eigenvalue weighted by atomic mass is 16.3. The summed E-state index contributed by atoms with van der Waals surface area (Å²) >= 11 is 0. The standard InChI is InChI=1S/C25H33NO/c1-7-9-10-15-21-23(20-14-12-11-13-19(20)8-2)22(16-27)25(18(5)6)26-24(21)17(3)4/h2,11-14,17-18,27H,7,9-10,15-16H2,1,3-6H3. The first-order chi connectivity index (χ1) is 13.0. The maximum atomic E-state index is 10.3.